The number of amides is 2. The predicted molar refractivity (Wildman–Crippen MR) is 60.0 cm³/mol. The highest BCUT2D eigenvalue weighted by atomic mass is 19.1. The van der Waals surface area contributed by atoms with E-state index in [-0.39, 0.29) is 31.8 Å². The number of primary amides is 1. The van der Waals surface area contributed by atoms with E-state index in [0.717, 1.165) is 0 Å². The molecule has 6 heteroatoms. The first-order chi connectivity index (χ1) is 7.85. The van der Waals surface area contributed by atoms with Crippen LogP contribution in [0.15, 0.2) is 0 Å². The van der Waals surface area contributed by atoms with Crippen molar-refractivity contribution in [3.05, 3.63) is 0 Å². The maximum Gasteiger partial charge on any atom is 0.409 e. The average molecular weight is 246 g/mol. The molecule has 0 aromatic carbocycles. The lowest BCUT2D eigenvalue weighted by Crippen LogP contribution is -2.50. The van der Waals surface area contributed by atoms with Crippen LogP contribution in [0.3, 0.4) is 0 Å². The summed E-state index contributed by atoms with van der Waals surface area (Å²) in [4.78, 5) is 23.8. The van der Waals surface area contributed by atoms with E-state index in [2.05, 4.69) is 0 Å². The molecule has 5 nitrogen and oxygen atoms in total. The van der Waals surface area contributed by atoms with Crippen molar-refractivity contribution in [1.82, 2.24) is 4.90 Å². The van der Waals surface area contributed by atoms with Crippen LogP contribution in [-0.2, 0) is 9.53 Å². The molecule has 1 heterocycles. The fourth-order valence-corrected chi connectivity index (χ4v) is 1.62. The van der Waals surface area contributed by atoms with Gasteiger partial charge in [-0.05, 0) is 5.92 Å². The quantitative estimate of drug-likeness (QED) is 0.809. The summed E-state index contributed by atoms with van der Waals surface area (Å²) in [6, 6.07) is 0. The topological polar surface area (TPSA) is 72.6 Å². The maximum atomic E-state index is 13.8. The van der Waals surface area contributed by atoms with Crippen LogP contribution >= 0.6 is 0 Å². The molecule has 1 aliphatic heterocycles. The summed E-state index contributed by atoms with van der Waals surface area (Å²) in [6.45, 7) is 4.53. The van der Waals surface area contributed by atoms with Crippen molar-refractivity contribution in [2.75, 3.05) is 19.7 Å². The molecular formula is C11H19FN2O3. The largest absolute Gasteiger partial charge is 0.449 e. The summed E-state index contributed by atoms with van der Waals surface area (Å²) < 4.78 is 18.8. The smallest absolute Gasteiger partial charge is 0.409 e. The van der Waals surface area contributed by atoms with Gasteiger partial charge in [0.05, 0.1) is 6.61 Å². The third kappa shape index (κ3) is 3.57. The minimum atomic E-state index is -1.98. The lowest BCUT2D eigenvalue weighted by molar-refractivity contribution is -0.132. The summed E-state index contributed by atoms with van der Waals surface area (Å²) in [5.41, 5.74) is 3.00. The monoisotopic (exact) mass is 246 g/mol. The van der Waals surface area contributed by atoms with E-state index in [1.54, 1.807) is 0 Å². The van der Waals surface area contributed by atoms with E-state index in [9.17, 15) is 14.0 Å². The zero-order valence-corrected chi connectivity index (χ0v) is 10.2. The van der Waals surface area contributed by atoms with Gasteiger partial charge in [-0.3, -0.25) is 4.79 Å². The zero-order valence-electron chi connectivity index (χ0n) is 10.2. The standard InChI is InChI=1S/C11H19FN2O3/c1-8(2)7-17-10(16)14-5-3-11(12,4-6-14)9(13)15/h8H,3-7H2,1-2H3,(H2,13,15). The number of hydrogen-bond donors (Lipinski definition) is 1. The van der Waals surface area contributed by atoms with E-state index < -0.39 is 17.7 Å². The highest BCUT2D eigenvalue weighted by Crippen LogP contribution is 2.26. The fraction of sp³-hybridized carbons (Fsp3) is 0.818. The molecular weight excluding hydrogens is 227 g/mol. The molecule has 0 aromatic rings. The van der Waals surface area contributed by atoms with E-state index in [4.69, 9.17) is 10.5 Å². The lowest BCUT2D eigenvalue weighted by atomic mass is 9.93. The number of carbonyl (C=O) groups is 2. The Hall–Kier alpha value is -1.33. The second-order valence-electron chi connectivity index (χ2n) is 4.79. The maximum absolute atomic E-state index is 13.8. The molecule has 0 unspecified atom stereocenters. The van der Waals surface area contributed by atoms with Crippen molar-refractivity contribution in [2.45, 2.75) is 32.4 Å². The van der Waals surface area contributed by atoms with Gasteiger partial charge >= 0.3 is 6.09 Å². The Labute approximate surface area is 100 Å². The number of carbonyl (C=O) groups excluding carboxylic acids is 2. The molecule has 17 heavy (non-hydrogen) atoms. The van der Waals surface area contributed by atoms with Gasteiger partial charge in [0.2, 0.25) is 0 Å². The number of halogens is 1. The van der Waals surface area contributed by atoms with Crippen LogP contribution in [0.4, 0.5) is 9.18 Å². The number of alkyl halides is 1. The third-order valence-corrected chi connectivity index (χ3v) is 2.80. The highest BCUT2D eigenvalue weighted by Gasteiger charge is 2.41. The number of hydrogen-bond acceptors (Lipinski definition) is 3. The molecule has 2 N–H and O–H groups in total. The fourth-order valence-electron chi connectivity index (χ4n) is 1.62. The van der Waals surface area contributed by atoms with Gasteiger partial charge in [0.25, 0.3) is 5.91 Å². The van der Waals surface area contributed by atoms with E-state index in [1.165, 1.54) is 4.90 Å². The molecule has 98 valence electrons. The van der Waals surface area contributed by atoms with Gasteiger partial charge in [0, 0.05) is 25.9 Å². The van der Waals surface area contributed by atoms with Crippen molar-refractivity contribution in [3.8, 4) is 0 Å². The first-order valence-corrected chi connectivity index (χ1v) is 5.75. The summed E-state index contributed by atoms with van der Waals surface area (Å²) >= 11 is 0. The molecule has 0 radical (unpaired) electrons. The molecule has 0 saturated carbocycles. The Balaban J connectivity index is 2.41. The normalized spacial score (nSPS) is 19.2. The Morgan fingerprint density at radius 3 is 2.35 bits per heavy atom. The SMILES string of the molecule is CC(C)COC(=O)N1CCC(F)(C(N)=O)CC1. The van der Waals surface area contributed by atoms with Gasteiger partial charge in [-0.15, -0.1) is 0 Å². The van der Waals surface area contributed by atoms with Gasteiger partial charge in [0.1, 0.15) is 0 Å². The summed E-state index contributed by atoms with van der Waals surface area (Å²) in [6.07, 6.45) is -0.566. The molecule has 2 amide bonds. The molecule has 1 aliphatic rings. The molecule has 1 saturated heterocycles. The third-order valence-electron chi connectivity index (χ3n) is 2.80. The van der Waals surface area contributed by atoms with Crippen molar-refractivity contribution in [3.63, 3.8) is 0 Å². The summed E-state index contributed by atoms with van der Waals surface area (Å²) in [7, 11) is 0. The molecule has 0 aliphatic carbocycles. The molecule has 0 atom stereocenters. The second kappa shape index (κ2) is 5.33. The summed E-state index contributed by atoms with van der Waals surface area (Å²) in [5, 5.41) is 0. The number of nitrogens with zero attached hydrogens (tertiary/aromatic N) is 1. The molecule has 0 spiro atoms. The lowest BCUT2D eigenvalue weighted by Gasteiger charge is -2.33. The summed E-state index contributed by atoms with van der Waals surface area (Å²) in [5.74, 6) is -0.692. The van der Waals surface area contributed by atoms with E-state index in [1.807, 2.05) is 13.8 Å². The van der Waals surface area contributed by atoms with Gasteiger partial charge in [0.15, 0.2) is 5.67 Å². The first-order valence-electron chi connectivity index (χ1n) is 5.75. The number of likely N-dealkylation sites (tertiary alicyclic amines) is 1. The van der Waals surface area contributed by atoms with E-state index in [0.29, 0.717) is 6.61 Å². The number of piperidine rings is 1. The minimum absolute atomic E-state index is 0.0564. The van der Waals surface area contributed by atoms with E-state index >= 15 is 0 Å². The minimum Gasteiger partial charge on any atom is -0.449 e. The van der Waals surface area contributed by atoms with Crippen LogP contribution in [0.5, 0.6) is 0 Å². The number of ether oxygens (including phenoxy) is 1. The van der Waals surface area contributed by atoms with Crippen LogP contribution in [-0.4, -0.2) is 42.3 Å². The van der Waals surface area contributed by atoms with Crippen LogP contribution in [0.1, 0.15) is 26.7 Å². The van der Waals surface area contributed by atoms with Crippen molar-refractivity contribution in [1.29, 1.82) is 0 Å². The van der Waals surface area contributed by atoms with Gasteiger partial charge < -0.3 is 15.4 Å². The Kier molecular flexibility index (Phi) is 4.31. The van der Waals surface area contributed by atoms with Crippen molar-refractivity contribution in [2.24, 2.45) is 11.7 Å². The Bertz CT molecular complexity index is 299. The Morgan fingerprint density at radius 2 is 1.94 bits per heavy atom. The highest BCUT2D eigenvalue weighted by molar-refractivity contribution is 5.83. The van der Waals surface area contributed by atoms with Crippen LogP contribution in [0, 0.1) is 5.92 Å². The second-order valence-corrected chi connectivity index (χ2v) is 4.79. The zero-order chi connectivity index (χ0) is 13.1. The van der Waals surface area contributed by atoms with Crippen molar-refractivity contribution >= 4 is 12.0 Å². The van der Waals surface area contributed by atoms with Crippen LogP contribution in [0.25, 0.3) is 0 Å². The number of rotatable bonds is 3. The Morgan fingerprint density at radius 1 is 1.41 bits per heavy atom. The van der Waals surface area contributed by atoms with Crippen LogP contribution in [0.2, 0.25) is 0 Å². The molecule has 0 bridgehead atoms. The van der Waals surface area contributed by atoms with Gasteiger partial charge in [-0.25, -0.2) is 9.18 Å². The predicted octanol–water partition coefficient (Wildman–Crippen LogP) is 1.07. The first kappa shape index (κ1) is 13.7. The number of nitrogens with two attached hydrogens (primary N) is 1. The van der Waals surface area contributed by atoms with Crippen LogP contribution < -0.4 is 5.73 Å². The van der Waals surface area contributed by atoms with Gasteiger partial charge in [-0.2, -0.15) is 0 Å². The average Bonchev–Trinajstić information content (AvgIpc) is 2.26. The molecule has 1 fully saturated rings. The molecule has 1 rings (SSSR count). The van der Waals surface area contributed by atoms with Crippen molar-refractivity contribution < 1.29 is 18.7 Å². The van der Waals surface area contributed by atoms with Gasteiger partial charge in [-0.1, -0.05) is 13.8 Å². The molecule has 0 aromatic heterocycles.